The standard InChI is InChI=1S/C22H43N3/c1-5-9-11-13-15-21-22(17-18-23,16-14-12-10-6-2)25(8-4)20-19-24(21)7-3/h14-16H,5-13,17-20,23H2,1-4H3. The van der Waals surface area contributed by atoms with Crippen molar-refractivity contribution in [1.82, 2.24) is 9.80 Å². The zero-order valence-electron chi connectivity index (χ0n) is 17.4. The maximum Gasteiger partial charge on any atom is 0.0804 e. The Labute approximate surface area is 157 Å². The van der Waals surface area contributed by atoms with Crippen molar-refractivity contribution in [3.63, 3.8) is 0 Å². The number of likely N-dealkylation sites (N-methyl/N-ethyl adjacent to an activating group) is 2. The van der Waals surface area contributed by atoms with E-state index in [1.165, 1.54) is 50.6 Å². The molecule has 1 unspecified atom stereocenters. The van der Waals surface area contributed by atoms with E-state index in [0.717, 1.165) is 39.1 Å². The highest BCUT2D eigenvalue weighted by Crippen LogP contribution is 2.36. The van der Waals surface area contributed by atoms with Crippen molar-refractivity contribution in [2.24, 2.45) is 5.73 Å². The minimum absolute atomic E-state index is 0.00227. The Bertz CT molecular complexity index is 402. The number of nitrogens with zero attached hydrogens (tertiary/aromatic N) is 2. The summed E-state index contributed by atoms with van der Waals surface area (Å²) in [6, 6.07) is 0. The normalized spacial score (nSPS) is 23.9. The Hall–Kier alpha value is -0.800. The molecule has 0 bridgehead atoms. The molecule has 1 heterocycles. The second-order valence-corrected chi connectivity index (χ2v) is 7.25. The molecule has 0 spiro atoms. The highest BCUT2D eigenvalue weighted by molar-refractivity contribution is 5.31. The first kappa shape index (κ1) is 22.2. The summed E-state index contributed by atoms with van der Waals surface area (Å²) in [6.07, 6.45) is 17.2. The van der Waals surface area contributed by atoms with Gasteiger partial charge in [0.25, 0.3) is 0 Å². The molecule has 1 saturated heterocycles. The Morgan fingerprint density at radius 2 is 1.72 bits per heavy atom. The van der Waals surface area contributed by atoms with Gasteiger partial charge in [-0.05, 0) is 45.7 Å². The van der Waals surface area contributed by atoms with Crippen LogP contribution in [0.1, 0.15) is 79.1 Å². The first-order valence-corrected chi connectivity index (χ1v) is 10.8. The SMILES string of the molecule is CCCCC=CC1(CCN)C(=CCCCCC)N(CC)CCN1CC. The van der Waals surface area contributed by atoms with E-state index in [4.69, 9.17) is 5.73 Å². The van der Waals surface area contributed by atoms with Gasteiger partial charge < -0.3 is 10.6 Å². The van der Waals surface area contributed by atoms with Gasteiger partial charge in [-0.2, -0.15) is 0 Å². The quantitative estimate of drug-likeness (QED) is 0.400. The molecule has 1 aliphatic heterocycles. The van der Waals surface area contributed by atoms with Crippen LogP contribution >= 0.6 is 0 Å². The molecule has 0 radical (unpaired) electrons. The van der Waals surface area contributed by atoms with Crippen LogP contribution in [-0.4, -0.2) is 48.1 Å². The van der Waals surface area contributed by atoms with Gasteiger partial charge in [-0.3, -0.25) is 4.90 Å². The number of hydrogen-bond acceptors (Lipinski definition) is 3. The van der Waals surface area contributed by atoms with Crippen LogP contribution in [0.4, 0.5) is 0 Å². The van der Waals surface area contributed by atoms with E-state index in [2.05, 4.69) is 55.7 Å². The molecule has 0 saturated carbocycles. The molecule has 1 atom stereocenters. The lowest BCUT2D eigenvalue weighted by molar-refractivity contribution is 0.0731. The number of hydrogen-bond donors (Lipinski definition) is 1. The molecule has 0 aromatic rings. The fraction of sp³-hybridized carbons (Fsp3) is 0.818. The van der Waals surface area contributed by atoms with Gasteiger partial charge in [-0.25, -0.2) is 0 Å². The molecule has 0 aromatic heterocycles. The summed E-state index contributed by atoms with van der Waals surface area (Å²) < 4.78 is 0. The molecule has 1 aliphatic rings. The average Bonchev–Trinajstić information content (AvgIpc) is 2.63. The van der Waals surface area contributed by atoms with Crippen molar-refractivity contribution in [2.75, 3.05) is 32.7 Å². The van der Waals surface area contributed by atoms with E-state index in [0.29, 0.717) is 0 Å². The van der Waals surface area contributed by atoms with Crippen LogP contribution in [0.5, 0.6) is 0 Å². The Kier molecular flexibility index (Phi) is 11.2. The second kappa shape index (κ2) is 12.5. The summed E-state index contributed by atoms with van der Waals surface area (Å²) in [5.74, 6) is 0. The number of allylic oxidation sites excluding steroid dienone is 2. The van der Waals surface area contributed by atoms with Crippen LogP contribution in [0.25, 0.3) is 0 Å². The minimum Gasteiger partial charge on any atom is -0.372 e. The predicted octanol–water partition coefficient (Wildman–Crippen LogP) is 4.94. The molecule has 3 heteroatoms. The Morgan fingerprint density at radius 1 is 0.960 bits per heavy atom. The maximum absolute atomic E-state index is 6.11. The third-order valence-corrected chi connectivity index (χ3v) is 5.54. The van der Waals surface area contributed by atoms with Crippen molar-refractivity contribution in [3.05, 3.63) is 23.9 Å². The van der Waals surface area contributed by atoms with E-state index in [1.54, 1.807) is 0 Å². The van der Waals surface area contributed by atoms with Crippen LogP contribution < -0.4 is 5.73 Å². The van der Waals surface area contributed by atoms with Crippen LogP contribution in [0, 0.1) is 0 Å². The smallest absolute Gasteiger partial charge is 0.0804 e. The molecule has 146 valence electrons. The highest BCUT2D eigenvalue weighted by atomic mass is 15.3. The van der Waals surface area contributed by atoms with Crippen molar-refractivity contribution >= 4 is 0 Å². The largest absolute Gasteiger partial charge is 0.372 e. The molecule has 0 amide bonds. The fourth-order valence-corrected chi connectivity index (χ4v) is 4.09. The highest BCUT2D eigenvalue weighted by Gasteiger charge is 2.41. The lowest BCUT2D eigenvalue weighted by atomic mass is 9.84. The van der Waals surface area contributed by atoms with Crippen molar-refractivity contribution < 1.29 is 0 Å². The molecule has 2 N–H and O–H groups in total. The lowest BCUT2D eigenvalue weighted by Crippen LogP contribution is -2.60. The average molecular weight is 350 g/mol. The lowest BCUT2D eigenvalue weighted by Gasteiger charge is -2.52. The van der Waals surface area contributed by atoms with Crippen LogP contribution in [0.15, 0.2) is 23.9 Å². The number of rotatable bonds is 12. The zero-order chi connectivity index (χ0) is 18.5. The van der Waals surface area contributed by atoms with Crippen molar-refractivity contribution in [2.45, 2.75) is 84.6 Å². The van der Waals surface area contributed by atoms with E-state index in [1.807, 2.05) is 0 Å². The Balaban J connectivity index is 3.17. The molecule has 1 rings (SSSR count). The van der Waals surface area contributed by atoms with Crippen LogP contribution in [0.3, 0.4) is 0 Å². The second-order valence-electron chi connectivity index (χ2n) is 7.25. The van der Waals surface area contributed by atoms with Gasteiger partial charge in [0.2, 0.25) is 0 Å². The third-order valence-electron chi connectivity index (χ3n) is 5.54. The first-order chi connectivity index (χ1) is 12.2. The summed E-state index contributed by atoms with van der Waals surface area (Å²) in [6.45, 7) is 14.3. The fourth-order valence-electron chi connectivity index (χ4n) is 4.09. The van der Waals surface area contributed by atoms with Crippen molar-refractivity contribution in [3.8, 4) is 0 Å². The van der Waals surface area contributed by atoms with Crippen LogP contribution in [-0.2, 0) is 0 Å². The van der Waals surface area contributed by atoms with E-state index >= 15 is 0 Å². The predicted molar refractivity (Wildman–Crippen MR) is 112 cm³/mol. The van der Waals surface area contributed by atoms with Gasteiger partial charge in [0, 0.05) is 25.3 Å². The van der Waals surface area contributed by atoms with Crippen molar-refractivity contribution in [1.29, 1.82) is 0 Å². The van der Waals surface area contributed by atoms with Gasteiger partial charge in [-0.1, -0.05) is 64.7 Å². The molecular formula is C22H43N3. The van der Waals surface area contributed by atoms with Gasteiger partial charge >= 0.3 is 0 Å². The first-order valence-electron chi connectivity index (χ1n) is 10.8. The van der Waals surface area contributed by atoms with Gasteiger partial charge in [0.05, 0.1) is 5.54 Å². The third kappa shape index (κ3) is 6.14. The minimum atomic E-state index is -0.00227. The Morgan fingerprint density at radius 3 is 2.32 bits per heavy atom. The molecule has 3 nitrogen and oxygen atoms in total. The summed E-state index contributed by atoms with van der Waals surface area (Å²) in [7, 11) is 0. The molecule has 25 heavy (non-hydrogen) atoms. The van der Waals surface area contributed by atoms with E-state index in [-0.39, 0.29) is 5.54 Å². The van der Waals surface area contributed by atoms with Gasteiger partial charge in [0.15, 0.2) is 0 Å². The zero-order valence-corrected chi connectivity index (χ0v) is 17.4. The molecule has 0 aromatic carbocycles. The van der Waals surface area contributed by atoms with E-state index < -0.39 is 0 Å². The monoisotopic (exact) mass is 349 g/mol. The topological polar surface area (TPSA) is 32.5 Å². The number of piperazine rings is 1. The maximum atomic E-state index is 6.11. The molecular weight excluding hydrogens is 306 g/mol. The molecule has 1 fully saturated rings. The van der Waals surface area contributed by atoms with Crippen LogP contribution in [0.2, 0.25) is 0 Å². The van der Waals surface area contributed by atoms with Gasteiger partial charge in [0.1, 0.15) is 0 Å². The summed E-state index contributed by atoms with van der Waals surface area (Å²) in [5.41, 5.74) is 7.62. The van der Waals surface area contributed by atoms with E-state index in [9.17, 15) is 0 Å². The summed E-state index contributed by atoms with van der Waals surface area (Å²) >= 11 is 0. The number of nitrogens with two attached hydrogens (primary N) is 1. The summed E-state index contributed by atoms with van der Waals surface area (Å²) in [5, 5.41) is 0. The molecule has 0 aliphatic carbocycles. The van der Waals surface area contributed by atoms with Gasteiger partial charge in [-0.15, -0.1) is 0 Å². The number of unbranched alkanes of at least 4 members (excludes halogenated alkanes) is 5. The summed E-state index contributed by atoms with van der Waals surface area (Å²) in [4.78, 5) is 5.25.